The van der Waals surface area contributed by atoms with E-state index in [0.29, 0.717) is 68.8 Å². The summed E-state index contributed by atoms with van der Waals surface area (Å²) in [6, 6.07) is 53.3. The molecule has 58 heavy (non-hydrogen) atoms. The van der Waals surface area contributed by atoms with Crippen LogP contribution in [0.2, 0.25) is 0 Å². The van der Waals surface area contributed by atoms with Crippen molar-refractivity contribution in [1.29, 1.82) is 0 Å². The molecular weight excluding hydrogens is 725 g/mol. The standard InChI is InChI=1S/C50H48N2O6/c53-33-14-34-55-44-27-25-43(26-28-44)48-52-50(31-13-21-38-15-5-1-6-16-38,47(58-48)42-22-11-4-12-23-42)49(54)51-32-30-39-24-29-45(56-36-40-17-7-2-8-18-40)46(35-39)57-37-41-19-9-3-10-20-41/h1-13,15-29,35,47,53H,14,30-34,36-37H2,(H,51,54)/b21-13+/t47-,50-/m1/s1. The van der Waals surface area contributed by atoms with E-state index in [1.165, 1.54) is 0 Å². The SMILES string of the molecule is O=C(NCCc1ccc(OCc2ccccc2)c(OCc2ccccc2)c1)[C@]1(C/C=C/c2ccccc2)N=C(c2ccc(OCCCO)cc2)O[C@@H]1c1ccccc1. The van der Waals surface area contributed by atoms with Gasteiger partial charge in [-0.05, 0) is 70.6 Å². The second-order valence-electron chi connectivity index (χ2n) is 14.1. The summed E-state index contributed by atoms with van der Waals surface area (Å²) in [5.41, 5.74) is 4.39. The summed E-state index contributed by atoms with van der Waals surface area (Å²) in [5, 5.41) is 12.4. The first-order valence-electron chi connectivity index (χ1n) is 19.7. The lowest BCUT2D eigenvalue weighted by Crippen LogP contribution is -2.48. The molecule has 0 radical (unpaired) electrons. The fourth-order valence-corrected chi connectivity index (χ4v) is 6.77. The van der Waals surface area contributed by atoms with Crippen molar-refractivity contribution < 1.29 is 28.8 Å². The van der Waals surface area contributed by atoms with Gasteiger partial charge in [-0.2, -0.15) is 0 Å². The Labute approximate surface area is 340 Å². The summed E-state index contributed by atoms with van der Waals surface area (Å²) in [6.07, 6.45) is 4.72. The van der Waals surface area contributed by atoms with Gasteiger partial charge < -0.3 is 29.4 Å². The molecule has 6 aromatic rings. The monoisotopic (exact) mass is 772 g/mol. The van der Waals surface area contributed by atoms with Gasteiger partial charge in [0.2, 0.25) is 5.90 Å². The van der Waals surface area contributed by atoms with E-state index in [2.05, 4.69) is 5.32 Å². The molecule has 0 fully saturated rings. The summed E-state index contributed by atoms with van der Waals surface area (Å²) in [5.74, 6) is 2.11. The largest absolute Gasteiger partial charge is 0.494 e. The van der Waals surface area contributed by atoms with Gasteiger partial charge in [0.25, 0.3) is 5.91 Å². The summed E-state index contributed by atoms with van der Waals surface area (Å²) in [6.45, 7) is 1.64. The van der Waals surface area contributed by atoms with Crippen LogP contribution in [0, 0.1) is 0 Å². The van der Waals surface area contributed by atoms with Crippen LogP contribution in [0.1, 0.15) is 52.3 Å². The minimum Gasteiger partial charge on any atom is -0.494 e. The summed E-state index contributed by atoms with van der Waals surface area (Å²) in [4.78, 5) is 19.9. The number of nitrogens with zero attached hydrogens (tertiary/aromatic N) is 1. The Morgan fingerprint density at radius 1 is 0.707 bits per heavy atom. The maximum atomic E-state index is 14.7. The van der Waals surface area contributed by atoms with Crippen molar-refractivity contribution in [3.63, 3.8) is 0 Å². The molecule has 0 saturated heterocycles. The van der Waals surface area contributed by atoms with E-state index >= 15 is 0 Å². The lowest BCUT2D eigenvalue weighted by molar-refractivity contribution is -0.128. The molecule has 8 nitrogen and oxygen atoms in total. The minimum atomic E-state index is -1.31. The highest BCUT2D eigenvalue weighted by molar-refractivity contribution is 6.01. The highest BCUT2D eigenvalue weighted by Crippen LogP contribution is 2.43. The van der Waals surface area contributed by atoms with Crippen LogP contribution >= 0.6 is 0 Å². The third-order valence-corrected chi connectivity index (χ3v) is 9.85. The highest BCUT2D eigenvalue weighted by Gasteiger charge is 2.52. The predicted molar refractivity (Wildman–Crippen MR) is 228 cm³/mol. The molecule has 1 aliphatic rings. The smallest absolute Gasteiger partial charge is 0.252 e. The molecule has 6 aromatic carbocycles. The van der Waals surface area contributed by atoms with Crippen LogP contribution in [0.5, 0.6) is 17.2 Å². The van der Waals surface area contributed by atoms with Crippen LogP contribution in [0.15, 0.2) is 175 Å². The zero-order chi connectivity index (χ0) is 39.8. The van der Waals surface area contributed by atoms with Crippen molar-refractivity contribution in [1.82, 2.24) is 5.32 Å². The Kier molecular flexibility index (Phi) is 13.6. The topological polar surface area (TPSA) is 98.6 Å². The molecule has 1 amide bonds. The third kappa shape index (κ3) is 10.4. The van der Waals surface area contributed by atoms with Crippen molar-refractivity contribution in [3.05, 3.63) is 203 Å². The fourth-order valence-electron chi connectivity index (χ4n) is 6.77. The van der Waals surface area contributed by atoms with E-state index in [4.69, 9.17) is 29.0 Å². The molecule has 0 aliphatic carbocycles. The van der Waals surface area contributed by atoms with E-state index in [-0.39, 0.29) is 12.5 Å². The number of ether oxygens (including phenoxy) is 4. The number of carbonyl (C=O) groups excluding carboxylic acids is 1. The molecule has 2 N–H and O–H groups in total. The minimum absolute atomic E-state index is 0.0626. The van der Waals surface area contributed by atoms with Crippen LogP contribution in [-0.2, 0) is 29.2 Å². The predicted octanol–water partition coefficient (Wildman–Crippen LogP) is 9.33. The van der Waals surface area contributed by atoms with Gasteiger partial charge in [0, 0.05) is 31.6 Å². The number of aliphatic imine (C=N–C) groups is 1. The van der Waals surface area contributed by atoms with Crippen molar-refractivity contribution >= 4 is 17.9 Å². The number of aliphatic hydroxyl groups excluding tert-OH is 1. The van der Waals surface area contributed by atoms with Gasteiger partial charge in [-0.25, -0.2) is 4.99 Å². The number of rotatable bonds is 19. The summed E-state index contributed by atoms with van der Waals surface area (Å²) >= 11 is 0. The zero-order valence-corrected chi connectivity index (χ0v) is 32.4. The van der Waals surface area contributed by atoms with Gasteiger partial charge in [-0.3, -0.25) is 4.79 Å². The maximum absolute atomic E-state index is 14.7. The van der Waals surface area contributed by atoms with Crippen LogP contribution < -0.4 is 19.5 Å². The second kappa shape index (κ2) is 20.0. The Morgan fingerprint density at radius 3 is 1.98 bits per heavy atom. The third-order valence-electron chi connectivity index (χ3n) is 9.85. The van der Waals surface area contributed by atoms with Crippen LogP contribution in [0.4, 0.5) is 0 Å². The molecule has 1 heterocycles. The average molecular weight is 773 g/mol. The number of hydrogen-bond acceptors (Lipinski definition) is 7. The average Bonchev–Trinajstić information content (AvgIpc) is 3.67. The second-order valence-corrected chi connectivity index (χ2v) is 14.1. The van der Waals surface area contributed by atoms with Gasteiger partial charge in [0.15, 0.2) is 23.1 Å². The molecule has 8 heteroatoms. The van der Waals surface area contributed by atoms with Crippen molar-refractivity contribution in [2.75, 3.05) is 19.8 Å². The quantitative estimate of drug-likeness (QED) is 0.0797. The Hall–Kier alpha value is -6.64. The van der Waals surface area contributed by atoms with E-state index in [1.54, 1.807) is 0 Å². The molecule has 0 aromatic heterocycles. The van der Waals surface area contributed by atoms with Gasteiger partial charge in [-0.1, -0.05) is 140 Å². The first-order valence-corrected chi connectivity index (χ1v) is 19.7. The number of aliphatic hydroxyl groups is 1. The Bertz CT molecular complexity index is 2250. The van der Waals surface area contributed by atoms with E-state index in [1.807, 2.05) is 176 Å². The van der Waals surface area contributed by atoms with E-state index < -0.39 is 11.6 Å². The molecule has 1 aliphatic heterocycles. The summed E-state index contributed by atoms with van der Waals surface area (Å²) < 4.78 is 25.0. The normalized spacial score (nSPS) is 16.0. The molecule has 0 saturated carbocycles. The van der Waals surface area contributed by atoms with Crippen molar-refractivity contribution in [2.45, 2.75) is 44.1 Å². The van der Waals surface area contributed by atoms with Crippen LogP contribution in [0.3, 0.4) is 0 Å². The van der Waals surface area contributed by atoms with E-state index in [0.717, 1.165) is 33.4 Å². The van der Waals surface area contributed by atoms with E-state index in [9.17, 15) is 4.79 Å². The molecule has 0 bridgehead atoms. The number of amides is 1. The Balaban J connectivity index is 1.13. The first-order chi connectivity index (χ1) is 28.6. The number of nitrogens with one attached hydrogen (secondary N) is 1. The van der Waals surface area contributed by atoms with Crippen molar-refractivity contribution in [2.24, 2.45) is 4.99 Å². The van der Waals surface area contributed by atoms with Gasteiger partial charge in [-0.15, -0.1) is 0 Å². The number of benzene rings is 6. The van der Waals surface area contributed by atoms with Crippen molar-refractivity contribution in [3.8, 4) is 17.2 Å². The van der Waals surface area contributed by atoms with Crippen LogP contribution in [0.25, 0.3) is 6.08 Å². The molecular formula is C50H48N2O6. The lowest BCUT2D eigenvalue weighted by Gasteiger charge is -2.30. The molecule has 0 unspecified atom stereocenters. The first kappa shape index (κ1) is 39.6. The molecule has 2 atom stereocenters. The maximum Gasteiger partial charge on any atom is 0.252 e. The summed E-state index contributed by atoms with van der Waals surface area (Å²) in [7, 11) is 0. The lowest BCUT2D eigenvalue weighted by atomic mass is 9.84. The molecule has 0 spiro atoms. The number of hydrogen-bond donors (Lipinski definition) is 2. The van der Waals surface area contributed by atoms with Crippen LogP contribution in [-0.4, -0.2) is 42.2 Å². The molecule has 7 rings (SSSR count). The molecule has 294 valence electrons. The zero-order valence-electron chi connectivity index (χ0n) is 32.4. The number of carbonyl (C=O) groups is 1. The Morgan fingerprint density at radius 2 is 1.33 bits per heavy atom. The highest BCUT2D eigenvalue weighted by atomic mass is 16.5. The van der Waals surface area contributed by atoms with Gasteiger partial charge in [0.1, 0.15) is 19.0 Å². The fraction of sp³-hybridized carbons (Fsp3) is 0.200. The van der Waals surface area contributed by atoms with Gasteiger partial charge in [0.05, 0.1) is 6.61 Å². The van der Waals surface area contributed by atoms with Gasteiger partial charge >= 0.3 is 0 Å².